The minimum atomic E-state index is -0.217. The molecule has 0 aliphatic rings. The Morgan fingerprint density at radius 1 is 1.37 bits per heavy atom. The normalized spacial score (nSPS) is 11.2. The summed E-state index contributed by atoms with van der Waals surface area (Å²) < 4.78 is 7.21. The summed E-state index contributed by atoms with van der Waals surface area (Å²) in [5.74, 6) is 0.679. The van der Waals surface area contributed by atoms with Crippen molar-refractivity contribution in [1.82, 2.24) is 14.5 Å². The van der Waals surface area contributed by atoms with Gasteiger partial charge in [0.15, 0.2) is 11.5 Å². The number of rotatable bonds is 13. The molecule has 1 unspecified atom stereocenters. The van der Waals surface area contributed by atoms with Crippen molar-refractivity contribution < 1.29 is 19.2 Å². The molecule has 1 heterocycles. The lowest BCUT2D eigenvalue weighted by Crippen LogP contribution is -2.31. The second-order valence-corrected chi connectivity index (χ2v) is 8.66. The first kappa shape index (κ1) is 24.7. The first-order valence-electron chi connectivity index (χ1n) is 9.70. The van der Waals surface area contributed by atoms with Crippen molar-refractivity contribution in [3.63, 3.8) is 0 Å². The Balaban J connectivity index is 2.38. The van der Waals surface area contributed by atoms with Crippen LogP contribution in [0, 0.1) is 6.92 Å². The van der Waals surface area contributed by atoms with Crippen molar-refractivity contribution in [3.05, 3.63) is 46.9 Å². The highest BCUT2D eigenvalue weighted by Gasteiger charge is 2.25. The maximum atomic E-state index is 13.3. The molecule has 0 bridgehead atoms. The number of anilines is 1. The average Bonchev–Trinajstić information content (AvgIpc) is 3.07. The second-order valence-electron chi connectivity index (χ2n) is 6.89. The van der Waals surface area contributed by atoms with E-state index in [-0.39, 0.29) is 18.3 Å². The molecule has 0 radical (unpaired) electrons. The molecule has 1 atom stereocenters. The second kappa shape index (κ2) is 13.0. The van der Waals surface area contributed by atoms with Crippen LogP contribution in [-0.4, -0.2) is 58.7 Å². The quantitative estimate of drug-likeness (QED) is 0.174. The molecule has 1 aromatic heterocycles. The van der Waals surface area contributed by atoms with E-state index in [4.69, 9.17) is 4.52 Å². The van der Waals surface area contributed by atoms with Crippen molar-refractivity contribution in [2.75, 3.05) is 32.1 Å². The Labute approximate surface area is 191 Å². The molecule has 8 nitrogen and oxygen atoms in total. The third kappa shape index (κ3) is 7.01. The zero-order valence-corrected chi connectivity index (χ0v) is 20.4. The summed E-state index contributed by atoms with van der Waals surface area (Å²) in [4.78, 5) is 30.5. The molecule has 0 spiro atoms. The SMILES string of the molecule is Cc1ccc(Cn2c(CCCO)nc(NC=O)c2C(=O)N(C)CCCOPI)cc1. The van der Waals surface area contributed by atoms with Gasteiger partial charge in [-0.1, -0.05) is 29.8 Å². The number of imidazole rings is 1. The molecule has 10 heteroatoms. The Morgan fingerprint density at radius 3 is 2.73 bits per heavy atom. The van der Waals surface area contributed by atoms with Crippen LogP contribution in [0.15, 0.2) is 24.3 Å². The number of aliphatic hydroxyl groups excluding tert-OH is 1. The molecule has 0 aliphatic heterocycles. The Morgan fingerprint density at radius 2 is 2.10 bits per heavy atom. The number of amides is 2. The number of benzene rings is 1. The van der Waals surface area contributed by atoms with E-state index in [0.717, 1.165) is 17.5 Å². The summed E-state index contributed by atoms with van der Waals surface area (Å²) in [6.45, 7) is 4.00. The van der Waals surface area contributed by atoms with Gasteiger partial charge in [0, 0.05) is 33.2 Å². The molecular formula is C20H28IN4O4P. The number of nitrogens with zero attached hydrogens (tertiary/aromatic N) is 3. The molecule has 2 rings (SSSR count). The molecule has 0 saturated carbocycles. The van der Waals surface area contributed by atoms with E-state index in [2.05, 4.69) is 32.3 Å². The number of nitrogens with one attached hydrogen (secondary N) is 1. The molecule has 2 N–H and O–H groups in total. The zero-order chi connectivity index (χ0) is 21.9. The molecule has 0 saturated heterocycles. The number of halogens is 1. The molecule has 0 fully saturated rings. The third-order valence-corrected chi connectivity index (χ3v) is 5.85. The number of carbonyl (C=O) groups excluding carboxylic acids is 2. The Hall–Kier alpha value is -1.55. The predicted octanol–water partition coefficient (Wildman–Crippen LogP) is 3.16. The topological polar surface area (TPSA) is 96.7 Å². The summed E-state index contributed by atoms with van der Waals surface area (Å²) >= 11 is 2.17. The highest BCUT2D eigenvalue weighted by atomic mass is 127. The van der Waals surface area contributed by atoms with E-state index in [0.29, 0.717) is 56.9 Å². The molecule has 2 amide bonds. The minimum absolute atomic E-state index is 0.0223. The van der Waals surface area contributed by atoms with E-state index < -0.39 is 0 Å². The van der Waals surface area contributed by atoms with Gasteiger partial charge in [0.1, 0.15) is 5.82 Å². The van der Waals surface area contributed by atoms with Gasteiger partial charge >= 0.3 is 0 Å². The van der Waals surface area contributed by atoms with Crippen molar-refractivity contribution in [3.8, 4) is 0 Å². The maximum absolute atomic E-state index is 13.3. The van der Waals surface area contributed by atoms with Crippen molar-refractivity contribution >= 4 is 46.6 Å². The van der Waals surface area contributed by atoms with E-state index >= 15 is 0 Å². The number of hydrogen-bond acceptors (Lipinski definition) is 5. The van der Waals surface area contributed by atoms with Gasteiger partial charge in [0.2, 0.25) is 6.41 Å². The van der Waals surface area contributed by atoms with Gasteiger partial charge in [-0.3, -0.25) is 9.59 Å². The summed E-state index contributed by atoms with van der Waals surface area (Å²) in [6.07, 6.45) is 2.26. The molecule has 1 aromatic carbocycles. The highest BCUT2D eigenvalue weighted by Crippen LogP contribution is 2.23. The Kier molecular flexibility index (Phi) is 10.7. The van der Waals surface area contributed by atoms with Gasteiger partial charge in [0.05, 0.1) is 13.1 Å². The third-order valence-electron chi connectivity index (χ3n) is 4.61. The van der Waals surface area contributed by atoms with Gasteiger partial charge in [-0.15, -0.1) is 0 Å². The summed E-state index contributed by atoms with van der Waals surface area (Å²) in [5.41, 5.74) is 2.52. The number of carbonyl (C=O) groups is 2. The van der Waals surface area contributed by atoms with Crippen LogP contribution in [0.2, 0.25) is 0 Å². The van der Waals surface area contributed by atoms with Gasteiger partial charge in [-0.2, -0.15) is 0 Å². The van der Waals surface area contributed by atoms with Crippen molar-refractivity contribution in [2.45, 2.75) is 32.7 Å². The molecular weight excluding hydrogens is 518 g/mol. The van der Waals surface area contributed by atoms with E-state index in [1.807, 2.05) is 35.8 Å². The standard InChI is InChI=1S/C20H28IN4O4P/c1-15-6-8-16(9-7-15)13-25-17(5-3-11-26)23-19(22-14-27)18(25)20(28)24(2)10-4-12-29-30-21/h6-9,14,26,30H,3-5,10-13H2,1-2H3,(H,22,27). The Bertz CT molecular complexity index is 829. The van der Waals surface area contributed by atoms with Crippen LogP contribution in [0.1, 0.15) is 40.3 Å². The van der Waals surface area contributed by atoms with Gasteiger partial charge < -0.3 is 24.4 Å². The summed E-state index contributed by atoms with van der Waals surface area (Å²) in [7, 11) is 1.73. The predicted molar refractivity (Wildman–Crippen MR) is 127 cm³/mol. The van der Waals surface area contributed by atoms with Gasteiger partial charge in [-0.25, -0.2) is 4.98 Å². The molecule has 2 aromatic rings. The van der Waals surface area contributed by atoms with Crippen LogP contribution >= 0.6 is 28.5 Å². The lowest BCUT2D eigenvalue weighted by Gasteiger charge is -2.19. The van der Waals surface area contributed by atoms with Crippen molar-refractivity contribution in [1.29, 1.82) is 0 Å². The fraction of sp³-hybridized carbons (Fsp3) is 0.450. The zero-order valence-electron chi connectivity index (χ0n) is 17.2. The number of aryl methyl sites for hydroxylation is 2. The maximum Gasteiger partial charge on any atom is 0.274 e. The summed E-state index contributed by atoms with van der Waals surface area (Å²) in [5, 5.41) is 11.8. The monoisotopic (exact) mass is 546 g/mol. The van der Waals surface area contributed by atoms with Gasteiger partial charge in [0.25, 0.3) is 5.91 Å². The van der Waals surface area contributed by atoms with E-state index in [1.54, 1.807) is 11.9 Å². The van der Waals surface area contributed by atoms with Crippen LogP contribution in [0.25, 0.3) is 0 Å². The number of aliphatic hydroxyl groups is 1. The van der Waals surface area contributed by atoms with Crippen LogP contribution in [-0.2, 0) is 22.3 Å². The number of aromatic nitrogens is 2. The molecule has 164 valence electrons. The number of hydrogen-bond donors (Lipinski definition) is 2. The molecule has 30 heavy (non-hydrogen) atoms. The lowest BCUT2D eigenvalue weighted by molar-refractivity contribution is -0.105. The van der Waals surface area contributed by atoms with Crippen LogP contribution in [0.4, 0.5) is 5.82 Å². The van der Waals surface area contributed by atoms with E-state index in [1.165, 1.54) is 0 Å². The fourth-order valence-electron chi connectivity index (χ4n) is 3.04. The highest BCUT2D eigenvalue weighted by molar-refractivity contribution is 14.2. The first-order chi connectivity index (χ1) is 14.5. The van der Waals surface area contributed by atoms with Crippen LogP contribution in [0.3, 0.4) is 0 Å². The average molecular weight is 546 g/mol. The lowest BCUT2D eigenvalue weighted by atomic mass is 10.1. The van der Waals surface area contributed by atoms with E-state index in [9.17, 15) is 14.7 Å². The van der Waals surface area contributed by atoms with Crippen LogP contribution < -0.4 is 5.32 Å². The first-order valence-corrected chi connectivity index (χ1v) is 13.7. The van der Waals surface area contributed by atoms with Crippen molar-refractivity contribution in [2.24, 2.45) is 0 Å². The minimum Gasteiger partial charge on any atom is -0.396 e. The van der Waals surface area contributed by atoms with Crippen LogP contribution in [0.5, 0.6) is 0 Å². The molecule has 0 aliphatic carbocycles. The fourth-order valence-corrected chi connectivity index (χ4v) is 3.92. The smallest absolute Gasteiger partial charge is 0.274 e. The van der Waals surface area contributed by atoms with Gasteiger partial charge in [-0.05, 0) is 47.4 Å². The summed E-state index contributed by atoms with van der Waals surface area (Å²) in [6, 6.07) is 8.06. The largest absolute Gasteiger partial charge is 0.396 e.